The van der Waals surface area contributed by atoms with Crippen molar-refractivity contribution in [1.29, 1.82) is 0 Å². The first-order valence-corrected chi connectivity index (χ1v) is 12.5. The third-order valence-electron chi connectivity index (χ3n) is 6.28. The maximum absolute atomic E-state index is 13.0. The number of amides is 1. The van der Waals surface area contributed by atoms with Crippen LogP contribution in [0.25, 0.3) is 10.8 Å². The molecule has 3 aromatic carbocycles. The van der Waals surface area contributed by atoms with Gasteiger partial charge in [-0.3, -0.25) is 4.79 Å². The Morgan fingerprint density at radius 2 is 1.76 bits per heavy atom. The maximum Gasteiger partial charge on any atom is 0.228 e. The number of benzene rings is 3. The molecule has 6 heteroatoms. The summed E-state index contributed by atoms with van der Waals surface area (Å²) in [4.78, 5) is 23.2. The van der Waals surface area contributed by atoms with Gasteiger partial charge in [0, 0.05) is 48.2 Å². The summed E-state index contributed by atoms with van der Waals surface area (Å²) in [6, 6.07) is 22.8. The summed E-state index contributed by atoms with van der Waals surface area (Å²) in [5, 5.41) is 4.32. The van der Waals surface area contributed by atoms with E-state index in [0.29, 0.717) is 6.42 Å². The van der Waals surface area contributed by atoms with Gasteiger partial charge in [-0.1, -0.05) is 60.1 Å². The van der Waals surface area contributed by atoms with Crippen LogP contribution in [0.4, 0.5) is 5.69 Å². The van der Waals surface area contributed by atoms with Crippen LogP contribution in [0, 0.1) is 6.92 Å². The average Bonchev–Trinajstić information content (AvgIpc) is 3.17. The summed E-state index contributed by atoms with van der Waals surface area (Å²) in [5.74, 6) is 0.184. The molecule has 0 spiro atoms. The first-order chi connectivity index (χ1) is 16.1. The molecule has 1 fully saturated rings. The molecule has 0 aliphatic carbocycles. The molecule has 0 atom stereocenters. The molecular formula is C27H26ClN3OS. The number of rotatable bonds is 5. The van der Waals surface area contributed by atoms with Gasteiger partial charge in [0.25, 0.3) is 0 Å². The third kappa shape index (κ3) is 4.90. The fraction of sp³-hybridized carbons (Fsp3) is 0.259. The molecule has 1 saturated heterocycles. The predicted molar refractivity (Wildman–Crippen MR) is 138 cm³/mol. The molecule has 168 valence electrons. The lowest BCUT2D eigenvalue weighted by atomic mass is 10.0. The van der Waals surface area contributed by atoms with Gasteiger partial charge in [-0.25, -0.2) is 4.98 Å². The number of aromatic nitrogens is 1. The van der Waals surface area contributed by atoms with Gasteiger partial charge in [0.05, 0.1) is 17.1 Å². The molecule has 1 aliphatic heterocycles. The zero-order valence-corrected chi connectivity index (χ0v) is 20.2. The monoisotopic (exact) mass is 475 g/mol. The van der Waals surface area contributed by atoms with Gasteiger partial charge in [-0.05, 0) is 41.5 Å². The Morgan fingerprint density at radius 1 is 1.00 bits per heavy atom. The van der Waals surface area contributed by atoms with E-state index in [9.17, 15) is 4.79 Å². The van der Waals surface area contributed by atoms with Crippen molar-refractivity contribution in [2.75, 3.05) is 31.1 Å². The van der Waals surface area contributed by atoms with Crippen LogP contribution in [0.2, 0.25) is 5.02 Å². The molecule has 2 heterocycles. The lowest BCUT2D eigenvalue weighted by Gasteiger charge is -2.36. The molecule has 1 aromatic heterocycles. The normalized spacial score (nSPS) is 14.1. The summed E-state index contributed by atoms with van der Waals surface area (Å²) in [5.41, 5.74) is 3.36. The number of carbonyl (C=O) groups excluding carboxylic acids is 1. The molecule has 1 aliphatic rings. The van der Waals surface area contributed by atoms with E-state index in [-0.39, 0.29) is 5.91 Å². The van der Waals surface area contributed by atoms with E-state index in [1.165, 1.54) is 16.3 Å². The molecule has 0 saturated carbocycles. The van der Waals surface area contributed by atoms with Crippen LogP contribution in [0.3, 0.4) is 0 Å². The molecule has 4 aromatic rings. The van der Waals surface area contributed by atoms with Crippen LogP contribution in [0.5, 0.6) is 0 Å². The third-order valence-corrected chi connectivity index (χ3v) is 7.67. The highest BCUT2D eigenvalue weighted by Crippen LogP contribution is 2.26. The van der Waals surface area contributed by atoms with Crippen molar-refractivity contribution in [1.82, 2.24) is 9.88 Å². The Morgan fingerprint density at radius 3 is 2.58 bits per heavy atom. The number of piperazine rings is 1. The molecular weight excluding hydrogens is 450 g/mol. The first-order valence-electron chi connectivity index (χ1n) is 11.3. The van der Waals surface area contributed by atoms with Gasteiger partial charge in [0.2, 0.25) is 5.91 Å². The second-order valence-electron chi connectivity index (χ2n) is 8.46. The van der Waals surface area contributed by atoms with E-state index in [4.69, 9.17) is 16.6 Å². The molecule has 0 unspecified atom stereocenters. The van der Waals surface area contributed by atoms with Crippen LogP contribution in [-0.4, -0.2) is 42.0 Å². The zero-order chi connectivity index (χ0) is 22.8. The largest absolute Gasteiger partial charge is 0.368 e. The Balaban J connectivity index is 1.23. The number of hydrogen-bond donors (Lipinski definition) is 0. The van der Waals surface area contributed by atoms with Crippen LogP contribution >= 0.6 is 22.9 Å². The van der Waals surface area contributed by atoms with Gasteiger partial charge in [-0.15, -0.1) is 11.3 Å². The van der Waals surface area contributed by atoms with Gasteiger partial charge in [-0.2, -0.15) is 0 Å². The number of anilines is 1. The molecule has 33 heavy (non-hydrogen) atoms. The van der Waals surface area contributed by atoms with E-state index in [0.717, 1.165) is 58.9 Å². The standard InChI is InChI=1S/C27H26ClN3OS/c1-19-25(33-26(29-19)16-21-8-4-7-20-6-2-3-11-24(20)21)18-27(32)31-14-12-30(13-15-31)23-10-5-9-22(28)17-23/h2-11,17H,12-16,18H2,1H3. The Bertz CT molecular complexity index is 1290. The SMILES string of the molecule is Cc1nc(Cc2cccc3ccccc23)sc1CC(=O)N1CCN(c2cccc(Cl)c2)CC1. The van der Waals surface area contributed by atoms with Crippen molar-refractivity contribution in [3.63, 3.8) is 0 Å². The molecule has 4 nitrogen and oxygen atoms in total. The second kappa shape index (κ2) is 9.54. The van der Waals surface area contributed by atoms with Crippen LogP contribution < -0.4 is 4.90 Å². The van der Waals surface area contributed by atoms with Crippen molar-refractivity contribution in [3.8, 4) is 0 Å². The number of aryl methyl sites for hydroxylation is 1. The average molecular weight is 476 g/mol. The Labute approximate surface area is 203 Å². The van der Waals surface area contributed by atoms with Gasteiger partial charge < -0.3 is 9.80 Å². The van der Waals surface area contributed by atoms with E-state index in [1.54, 1.807) is 11.3 Å². The quantitative estimate of drug-likeness (QED) is 0.369. The second-order valence-corrected chi connectivity index (χ2v) is 10.1. The molecule has 5 rings (SSSR count). The fourth-order valence-electron chi connectivity index (χ4n) is 4.47. The summed E-state index contributed by atoms with van der Waals surface area (Å²) >= 11 is 7.80. The number of carbonyl (C=O) groups is 1. The number of thiazole rings is 1. The summed E-state index contributed by atoms with van der Waals surface area (Å²) in [6.45, 7) is 5.11. The van der Waals surface area contributed by atoms with E-state index in [2.05, 4.69) is 53.4 Å². The molecule has 0 N–H and O–H groups in total. The number of hydrogen-bond acceptors (Lipinski definition) is 4. The smallest absolute Gasteiger partial charge is 0.228 e. The van der Waals surface area contributed by atoms with Crippen LogP contribution in [-0.2, 0) is 17.6 Å². The van der Waals surface area contributed by atoms with Crippen molar-refractivity contribution < 1.29 is 4.79 Å². The minimum absolute atomic E-state index is 0.184. The summed E-state index contributed by atoms with van der Waals surface area (Å²) < 4.78 is 0. The topological polar surface area (TPSA) is 36.4 Å². The predicted octanol–water partition coefficient (Wildman–Crippen LogP) is 5.74. The van der Waals surface area contributed by atoms with Crippen molar-refractivity contribution in [3.05, 3.63) is 92.9 Å². The van der Waals surface area contributed by atoms with Gasteiger partial charge in [0.15, 0.2) is 0 Å². The molecule has 0 bridgehead atoms. The maximum atomic E-state index is 13.0. The van der Waals surface area contributed by atoms with E-state index >= 15 is 0 Å². The number of halogens is 1. The van der Waals surface area contributed by atoms with Crippen molar-refractivity contribution >= 4 is 45.3 Å². The first kappa shape index (κ1) is 21.9. The van der Waals surface area contributed by atoms with Crippen molar-refractivity contribution in [2.45, 2.75) is 19.8 Å². The molecule has 0 radical (unpaired) electrons. The summed E-state index contributed by atoms with van der Waals surface area (Å²) in [7, 11) is 0. The van der Waals surface area contributed by atoms with Crippen LogP contribution in [0.1, 0.15) is 21.1 Å². The minimum atomic E-state index is 0.184. The Kier molecular flexibility index (Phi) is 6.34. The van der Waals surface area contributed by atoms with Gasteiger partial charge >= 0.3 is 0 Å². The summed E-state index contributed by atoms with van der Waals surface area (Å²) in [6.07, 6.45) is 1.22. The lowest BCUT2D eigenvalue weighted by Crippen LogP contribution is -2.49. The van der Waals surface area contributed by atoms with Crippen molar-refractivity contribution in [2.24, 2.45) is 0 Å². The minimum Gasteiger partial charge on any atom is -0.368 e. The highest BCUT2D eigenvalue weighted by Gasteiger charge is 2.23. The highest BCUT2D eigenvalue weighted by molar-refractivity contribution is 7.11. The molecule has 1 amide bonds. The van der Waals surface area contributed by atoms with E-state index < -0.39 is 0 Å². The van der Waals surface area contributed by atoms with E-state index in [1.807, 2.05) is 30.0 Å². The number of nitrogens with zero attached hydrogens (tertiary/aromatic N) is 3. The fourth-order valence-corrected chi connectivity index (χ4v) is 5.74. The highest BCUT2D eigenvalue weighted by atomic mass is 35.5. The zero-order valence-electron chi connectivity index (χ0n) is 18.6. The lowest BCUT2D eigenvalue weighted by molar-refractivity contribution is -0.130. The Hall–Kier alpha value is -2.89. The van der Waals surface area contributed by atoms with Gasteiger partial charge in [0.1, 0.15) is 0 Å². The number of fused-ring (bicyclic) bond motifs is 1. The van der Waals surface area contributed by atoms with Crippen LogP contribution in [0.15, 0.2) is 66.7 Å².